The van der Waals surface area contributed by atoms with E-state index in [-0.39, 0.29) is 22.6 Å². The third-order valence-electron chi connectivity index (χ3n) is 7.74. The Hall–Kier alpha value is -2.03. The first-order chi connectivity index (χ1) is 15.4. The number of carbonyl (C=O) groups excluding carboxylic acids is 1. The Labute approximate surface area is 203 Å². The molecule has 6 nitrogen and oxygen atoms in total. The molecule has 2 atom stereocenters. The molecule has 4 aliphatic rings. The summed E-state index contributed by atoms with van der Waals surface area (Å²) < 4.78 is 7.09. The van der Waals surface area contributed by atoms with Crippen molar-refractivity contribution in [3.05, 3.63) is 38.8 Å². The minimum atomic E-state index is -1.96. The molecule has 8 heteroatoms. The molecule has 0 radical (unpaired) electrons. The number of fused-ring (bicyclic) bond motifs is 3. The van der Waals surface area contributed by atoms with Crippen molar-refractivity contribution in [2.24, 2.45) is 9.98 Å². The number of anilines is 1. The van der Waals surface area contributed by atoms with Crippen molar-refractivity contribution in [2.75, 3.05) is 18.5 Å². The second-order valence-corrected chi connectivity index (χ2v) is 16.6. The molecule has 5 rings (SSSR count). The average Bonchev–Trinajstić information content (AvgIpc) is 3.18. The molecule has 1 aromatic carbocycles. The van der Waals surface area contributed by atoms with E-state index >= 15 is 0 Å². The van der Waals surface area contributed by atoms with Gasteiger partial charge in [0.2, 0.25) is 0 Å². The van der Waals surface area contributed by atoms with Crippen LogP contribution in [-0.4, -0.2) is 44.6 Å². The number of aromatic hydroxyl groups is 1. The molecule has 0 saturated carbocycles. The number of nitrogens with one attached hydrogen (secondary N) is 1. The summed E-state index contributed by atoms with van der Waals surface area (Å²) in [6.45, 7) is 12.4. The summed E-state index contributed by atoms with van der Waals surface area (Å²) in [5.41, 5.74) is 2.70. The molecule has 33 heavy (non-hydrogen) atoms. The Morgan fingerprint density at radius 2 is 2.12 bits per heavy atom. The van der Waals surface area contributed by atoms with Crippen molar-refractivity contribution in [2.45, 2.75) is 63.2 Å². The normalized spacial score (nSPS) is 25.5. The first kappa shape index (κ1) is 22.7. The molecule has 0 fully saturated rings. The van der Waals surface area contributed by atoms with Crippen LogP contribution in [-0.2, 0) is 14.6 Å². The molecule has 3 heterocycles. The lowest BCUT2D eigenvalue weighted by Gasteiger charge is -2.43. The van der Waals surface area contributed by atoms with Gasteiger partial charge in [-0.15, -0.1) is 0 Å². The summed E-state index contributed by atoms with van der Waals surface area (Å²) in [4.78, 5) is 21.7. The lowest BCUT2D eigenvalue weighted by Crippen LogP contribution is -2.50. The summed E-state index contributed by atoms with van der Waals surface area (Å²) in [5, 5.41) is 16.8. The van der Waals surface area contributed by atoms with E-state index in [1.165, 1.54) is 0 Å². The van der Waals surface area contributed by atoms with Crippen LogP contribution in [0.15, 0.2) is 32.7 Å². The third kappa shape index (κ3) is 3.49. The first-order valence-corrected chi connectivity index (χ1v) is 15.2. The lowest BCUT2D eigenvalue weighted by molar-refractivity contribution is -0.110. The van der Waals surface area contributed by atoms with E-state index in [4.69, 9.17) is 9.42 Å². The number of rotatable bonds is 3. The summed E-state index contributed by atoms with van der Waals surface area (Å²) in [6, 6.07) is -0.0467. The number of phenols is 1. The Kier molecular flexibility index (Phi) is 5.16. The van der Waals surface area contributed by atoms with Gasteiger partial charge in [0.25, 0.3) is 0 Å². The van der Waals surface area contributed by atoms with Crippen LogP contribution >= 0.6 is 15.9 Å². The molecule has 1 aromatic rings. The van der Waals surface area contributed by atoms with Crippen LogP contribution in [0.1, 0.15) is 39.2 Å². The molecule has 0 aromatic heterocycles. The highest BCUT2D eigenvalue weighted by atomic mass is 79.9. The maximum Gasteiger partial charge on any atom is 0.192 e. The zero-order valence-electron chi connectivity index (χ0n) is 19.8. The van der Waals surface area contributed by atoms with E-state index in [0.29, 0.717) is 35.4 Å². The van der Waals surface area contributed by atoms with Gasteiger partial charge < -0.3 is 14.8 Å². The standard InChI is InChI=1S/C25H30BrN3O3Si/c1-24(2,3)33(4,5)32-13-15-10-25(8-6-17(30)16(26)11-25)19-20-18-14(7-9-27-20)12-28-21(18)23(31)22(19)29-15/h6,8,11-12,15,29,31H,7,9-10,13H2,1-5H3. The number of hydrogen-bond acceptors (Lipinski definition) is 6. The van der Waals surface area contributed by atoms with Crippen LogP contribution in [0, 0.1) is 0 Å². The highest BCUT2D eigenvalue weighted by Crippen LogP contribution is 2.49. The maximum absolute atomic E-state index is 12.3. The summed E-state index contributed by atoms with van der Waals surface area (Å²) >= 11 is 3.48. The predicted molar refractivity (Wildman–Crippen MR) is 138 cm³/mol. The van der Waals surface area contributed by atoms with E-state index < -0.39 is 13.7 Å². The topological polar surface area (TPSA) is 83.3 Å². The number of benzene rings is 1. The zero-order chi connectivity index (χ0) is 23.8. The fourth-order valence-corrected chi connectivity index (χ4v) is 6.49. The van der Waals surface area contributed by atoms with E-state index in [1.54, 1.807) is 6.08 Å². The van der Waals surface area contributed by atoms with Crippen molar-refractivity contribution < 1.29 is 14.3 Å². The van der Waals surface area contributed by atoms with E-state index in [1.807, 2.05) is 18.4 Å². The van der Waals surface area contributed by atoms with Gasteiger partial charge in [0.05, 0.1) is 22.1 Å². The minimum absolute atomic E-state index is 0.0467. The van der Waals surface area contributed by atoms with Gasteiger partial charge in [-0.2, -0.15) is 0 Å². The quantitative estimate of drug-likeness (QED) is 0.456. The van der Waals surface area contributed by atoms with E-state index in [2.05, 4.69) is 60.1 Å². The van der Waals surface area contributed by atoms with Crippen LogP contribution in [0.25, 0.3) is 5.57 Å². The van der Waals surface area contributed by atoms with Crippen molar-refractivity contribution in [1.29, 1.82) is 0 Å². The van der Waals surface area contributed by atoms with Gasteiger partial charge in [-0.1, -0.05) is 32.9 Å². The first-order valence-electron chi connectivity index (χ1n) is 11.5. The third-order valence-corrected chi connectivity index (χ3v) is 12.9. The molecule has 0 saturated heterocycles. The molecular formula is C25H30BrN3O3Si. The molecule has 0 bridgehead atoms. The number of phenolic OH excluding ortho intramolecular Hbond substituents is 1. The lowest BCUT2D eigenvalue weighted by atomic mass is 9.69. The van der Waals surface area contributed by atoms with Gasteiger partial charge in [0.1, 0.15) is 5.69 Å². The van der Waals surface area contributed by atoms with Gasteiger partial charge in [-0.25, -0.2) is 0 Å². The molecule has 2 N–H and O–H groups in total. The zero-order valence-corrected chi connectivity index (χ0v) is 22.3. The highest BCUT2D eigenvalue weighted by molar-refractivity contribution is 9.12. The fourth-order valence-electron chi connectivity index (χ4n) is 4.90. The SMILES string of the molecule is CC(C)(C)[Si](C)(C)OCC1CC2(C=CC(=O)C(Br)=C2)c2c(c(O)c3c4c2=NCCC=4C=N3)N1. The number of halogens is 1. The molecule has 2 unspecified atom stereocenters. The van der Waals surface area contributed by atoms with Crippen LogP contribution in [0.5, 0.6) is 5.75 Å². The van der Waals surface area contributed by atoms with Gasteiger partial charge in [0, 0.05) is 35.0 Å². The summed E-state index contributed by atoms with van der Waals surface area (Å²) in [7, 11) is -1.96. The summed E-state index contributed by atoms with van der Waals surface area (Å²) in [5.74, 6) is 0.0969. The van der Waals surface area contributed by atoms with Gasteiger partial charge in [-0.3, -0.25) is 14.8 Å². The van der Waals surface area contributed by atoms with Crippen molar-refractivity contribution in [1.82, 2.24) is 0 Å². The van der Waals surface area contributed by atoms with Crippen molar-refractivity contribution in [3.8, 4) is 5.75 Å². The second kappa shape index (κ2) is 7.48. The fraction of sp³-hybridized carbons (Fsp3) is 0.480. The number of ketones is 1. The van der Waals surface area contributed by atoms with Crippen molar-refractivity contribution in [3.63, 3.8) is 0 Å². The number of carbonyl (C=O) groups is 1. The Bertz CT molecular complexity index is 1290. The average molecular weight is 529 g/mol. The highest BCUT2D eigenvalue weighted by Gasteiger charge is 2.45. The predicted octanol–water partition coefficient (Wildman–Crippen LogP) is 4.14. The van der Waals surface area contributed by atoms with E-state index in [0.717, 1.165) is 28.1 Å². The minimum Gasteiger partial charge on any atom is -0.504 e. The van der Waals surface area contributed by atoms with Crippen LogP contribution in [0.2, 0.25) is 18.1 Å². The Morgan fingerprint density at radius 1 is 1.36 bits per heavy atom. The van der Waals surface area contributed by atoms with E-state index in [9.17, 15) is 9.90 Å². The molecule has 1 spiro atoms. The number of nitrogens with zero attached hydrogens (tertiary/aromatic N) is 2. The van der Waals surface area contributed by atoms with Crippen LogP contribution < -0.4 is 15.9 Å². The molecule has 174 valence electrons. The molecule has 0 amide bonds. The van der Waals surface area contributed by atoms with Crippen molar-refractivity contribution >= 4 is 53.2 Å². The maximum atomic E-state index is 12.3. The monoisotopic (exact) mass is 527 g/mol. The number of allylic oxidation sites excluding steroid dienone is 4. The van der Waals surface area contributed by atoms with Gasteiger partial charge in [0.15, 0.2) is 19.9 Å². The number of aliphatic imine (C=N–C) groups is 1. The van der Waals surface area contributed by atoms with Crippen LogP contribution in [0.4, 0.5) is 11.4 Å². The molecule has 3 aliphatic heterocycles. The molecule has 1 aliphatic carbocycles. The van der Waals surface area contributed by atoms with Gasteiger partial charge >= 0.3 is 0 Å². The smallest absolute Gasteiger partial charge is 0.192 e. The Balaban J connectivity index is 1.67. The number of hydrogen-bond donors (Lipinski definition) is 2. The molecular weight excluding hydrogens is 498 g/mol. The van der Waals surface area contributed by atoms with Crippen LogP contribution in [0.3, 0.4) is 0 Å². The summed E-state index contributed by atoms with van der Waals surface area (Å²) in [6.07, 6.45) is 8.96. The second-order valence-electron chi connectivity index (χ2n) is 10.9. The van der Waals surface area contributed by atoms with Gasteiger partial charge in [-0.05, 0) is 58.6 Å². The largest absolute Gasteiger partial charge is 0.504 e. The Morgan fingerprint density at radius 3 is 2.82 bits per heavy atom.